The zero-order valence-corrected chi connectivity index (χ0v) is 12.7. The third kappa shape index (κ3) is 5.51. The monoisotopic (exact) mass is 252 g/mol. The van der Waals surface area contributed by atoms with E-state index in [4.69, 9.17) is 6.90 Å². The Morgan fingerprint density at radius 1 is 1.12 bits per heavy atom. The van der Waals surface area contributed by atoms with Crippen LogP contribution in [0, 0.1) is 0 Å². The van der Waals surface area contributed by atoms with Crippen molar-refractivity contribution < 1.29 is 4.43 Å². The number of hydrogen-bond acceptors (Lipinski definition) is 1. The summed E-state index contributed by atoms with van der Waals surface area (Å²) in [4.78, 5) is 0. The second-order valence-electron chi connectivity index (χ2n) is 6.20. The largest absolute Gasteiger partial charge is 0.423 e. The highest BCUT2D eigenvalue weighted by molar-refractivity contribution is 6.31. The number of benzene rings is 1. The van der Waals surface area contributed by atoms with E-state index in [1.165, 1.54) is 5.56 Å². The van der Waals surface area contributed by atoms with Crippen LogP contribution >= 0.6 is 0 Å². The lowest BCUT2D eigenvalue weighted by atomic mass is 9.82. The maximum Gasteiger partial charge on any atom is 0.166 e. The molecule has 0 spiro atoms. The summed E-state index contributed by atoms with van der Waals surface area (Å²) in [5.41, 5.74) is 1.29. The van der Waals surface area contributed by atoms with E-state index in [9.17, 15) is 0 Å². The molecule has 2 heteroatoms. The van der Waals surface area contributed by atoms with Crippen LogP contribution in [0.4, 0.5) is 0 Å². The molecular formula is C15H26OSi. The first-order valence-corrected chi connectivity index (χ1v) is 7.17. The van der Waals surface area contributed by atoms with Crippen molar-refractivity contribution in [1.82, 2.24) is 0 Å². The van der Waals surface area contributed by atoms with E-state index >= 15 is 0 Å². The van der Waals surface area contributed by atoms with Gasteiger partial charge in [-0.2, -0.15) is 0 Å². The lowest BCUT2D eigenvalue weighted by Gasteiger charge is -2.26. The highest BCUT2D eigenvalue weighted by Gasteiger charge is 2.20. The van der Waals surface area contributed by atoms with Crippen LogP contribution in [0.1, 0.15) is 46.6 Å². The van der Waals surface area contributed by atoms with Crippen molar-refractivity contribution >= 4 is 9.63 Å². The van der Waals surface area contributed by atoms with Crippen molar-refractivity contribution in [2.45, 2.75) is 51.5 Å². The van der Waals surface area contributed by atoms with E-state index in [1.807, 2.05) is 39.0 Å². The molecule has 0 heterocycles. The minimum atomic E-state index is -3.11. The van der Waals surface area contributed by atoms with Gasteiger partial charge in [-0.25, -0.2) is 0 Å². The fourth-order valence-corrected chi connectivity index (χ4v) is 2.24. The molecule has 0 amide bonds. The molecule has 0 unspecified atom stereocenters. The van der Waals surface area contributed by atoms with Crippen molar-refractivity contribution in [3.63, 3.8) is 0 Å². The molecule has 0 radical (unpaired) electrons. The van der Waals surface area contributed by atoms with Gasteiger partial charge in [0.25, 0.3) is 0 Å². The van der Waals surface area contributed by atoms with Gasteiger partial charge in [0.2, 0.25) is 0 Å². The van der Waals surface area contributed by atoms with Crippen LogP contribution in [0.25, 0.3) is 0 Å². The molecule has 17 heavy (non-hydrogen) atoms. The lowest BCUT2D eigenvalue weighted by molar-refractivity contribution is 0.275. The first-order valence-electron chi connectivity index (χ1n) is 7.26. The predicted molar refractivity (Wildman–Crippen MR) is 78.3 cm³/mol. The molecule has 0 bridgehead atoms. The van der Waals surface area contributed by atoms with E-state index in [-0.39, 0.29) is 10.5 Å². The highest BCUT2D eigenvalue weighted by atomic mass is 28.2. The summed E-state index contributed by atoms with van der Waals surface area (Å²) in [5, 5.41) is -0.371. The summed E-state index contributed by atoms with van der Waals surface area (Å²) in [5.74, 6) is 0. The zero-order valence-electron chi connectivity index (χ0n) is 13.7. The van der Waals surface area contributed by atoms with Crippen LogP contribution in [-0.2, 0) is 9.84 Å². The summed E-state index contributed by atoms with van der Waals surface area (Å²) in [6.45, 7) is 10.6. The van der Waals surface area contributed by atoms with Crippen molar-refractivity contribution in [2.75, 3.05) is 6.61 Å². The maximum atomic E-state index is 8.07. The van der Waals surface area contributed by atoms with Crippen LogP contribution in [0.15, 0.2) is 30.3 Å². The Bertz CT molecular complexity index is 396. The normalized spacial score (nSPS) is 15.4. The molecule has 0 aliphatic rings. The number of hydrogen-bond donors (Lipinski definition) is 0. The van der Waals surface area contributed by atoms with Gasteiger partial charge in [0, 0.05) is 9.08 Å². The van der Waals surface area contributed by atoms with Gasteiger partial charge in [-0.15, -0.1) is 0 Å². The average Bonchev–Trinajstić information content (AvgIpc) is 2.28. The van der Waals surface area contributed by atoms with E-state index in [1.54, 1.807) is 0 Å². The lowest BCUT2D eigenvalue weighted by Crippen LogP contribution is -2.22. The summed E-state index contributed by atoms with van der Waals surface area (Å²) >= 11 is 0. The SMILES string of the molecule is [2H][Si]([2H])(OCCC(C)(C)c1ccccc1)C(C)(C)C. The van der Waals surface area contributed by atoms with Crippen LogP contribution in [0.3, 0.4) is 0 Å². The van der Waals surface area contributed by atoms with Gasteiger partial charge in [-0.05, 0) is 22.4 Å². The smallest absolute Gasteiger partial charge is 0.166 e. The summed E-state index contributed by atoms with van der Waals surface area (Å²) in [6.07, 6.45) is 0.833. The topological polar surface area (TPSA) is 9.23 Å². The molecule has 0 fully saturated rings. The Hall–Kier alpha value is -0.603. The summed E-state index contributed by atoms with van der Waals surface area (Å²) in [6, 6.07) is 10.3. The van der Waals surface area contributed by atoms with Crippen molar-refractivity contribution in [3.05, 3.63) is 35.9 Å². The molecule has 1 aromatic rings. The molecular weight excluding hydrogens is 224 g/mol. The molecule has 96 valence electrons. The van der Waals surface area contributed by atoms with Crippen molar-refractivity contribution in [1.29, 1.82) is 2.47 Å². The van der Waals surface area contributed by atoms with E-state index in [2.05, 4.69) is 26.0 Å². The zero-order chi connectivity index (χ0) is 14.7. The molecule has 0 N–H and O–H groups in total. The second-order valence-corrected chi connectivity index (χ2v) is 8.19. The Morgan fingerprint density at radius 3 is 2.24 bits per heavy atom. The van der Waals surface area contributed by atoms with Crippen LogP contribution in [0.5, 0.6) is 0 Å². The average molecular weight is 252 g/mol. The predicted octanol–water partition coefficient (Wildman–Crippen LogP) is 3.67. The van der Waals surface area contributed by atoms with E-state index in [0.717, 1.165) is 6.42 Å². The molecule has 0 aliphatic heterocycles. The van der Waals surface area contributed by atoms with Gasteiger partial charge in [0.15, 0.2) is 9.63 Å². The molecule has 0 saturated carbocycles. The minimum Gasteiger partial charge on any atom is -0.423 e. The third-order valence-corrected chi connectivity index (χ3v) is 3.72. The van der Waals surface area contributed by atoms with Gasteiger partial charge in [-0.1, -0.05) is 65.0 Å². The number of rotatable bonds is 5. The van der Waals surface area contributed by atoms with Crippen molar-refractivity contribution in [2.24, 2.45) is 0 Å². The minimum absolute atomic E-state index is 0.0175. The first-order chi connectivity index (χ1) is 8.56. The van der Waals surface area contributed by atoms with Gasteiger partial charge in [-0.3, -0.25) is 0 Å². The molecule has 0 aliphatic carbocycles. The van der Waals surface area contributed by atoms with Crippen molar-refractivity contribution in [3.8, 4) is 0 Å². The Labute approximate surface area is 111 Å². The van der Waals surface area contributed by atoms with Gasteiger partial charge >= 0.3 is 0 Å². The highest BCUT2D eigenvalue weighted by Crippen LogP contribution is 2.27. The van der Waals surface area contributed by atoms with Crippen LogP contribution in [0.2, 0.25) is 5.04 Å². The standard InChI is InChI=1S/C15H26OSi/c1-14(2,3)17-16-12-11-15(4,5)13-9-7-6-8-10-13/h6-10H,11-12,17H2,1-5H3/i17D2. The fraction of sp³-hybridized carbons (Fsp3) is 0.600. The van der Waals surface area contributed by atoms with Crippen LogP contribution < -0.4 is 0 Å². The molecule has 1 aromatic carbocycles. The molecule has 0 saturated heterocycles. The van der Waals surface area contributed by atoms with Crippen LogP contribution in [-0.4, -0.2) is 18.7 Å². The van der Waals surface area contributed by atoms with E-state index < -0.39 is 9.63 Å². The van der Waals surface area contributed by atoms with Gasteiger partial charge < -0.3 is 4.43 Å². The molecule has 1 rings (SSSR count). The maximum absolute atomic E-state index is 8.07. The summed E-state index contributed by atoms with van der Waals surface area (Å²) < 4.78 is 21.8. The molecule has 0 aromatic heterocycles. The second kappa shape index (κ2) is 5.83. The Kier molecular flexibility index (Phi) is 3.94. The molecule has 0 atom stereocenters. The summed E-state index contributed by atoms with van der Waals surface area (Å²) in [7, 11) is -3.11. The third-order valence-electron chi connectivity index (χ3n) is 2.76. The first kappa shape index (κ1) is 11.5. The molecule has 1 nitrogen and oxygen atoms in total. The van der Waals surface area contributed by atoms with E-state index in [0.29, 0.717) is 6.61 Å². The fourth-order valence-electron chi connectivity index (χ4n) is 1.61. The Morgan fingerprint density at radius 2 is 1.71 bits per heavy atom. The quantitative estimate of drug-likeness (QED) is 0.727. The van der Waals surface area contributed by atoms with Gasteiger partial charge in [0.05, 0.1) is 0 Å². The Balaban J connectivity index is 2.58. The van der Waals surface area contributed by atoms with Gasteiger partial charge in [0.1, 0.15) is 0 Å².